The van der Waals surface area contributed by atoms with E-state index in [0.29, 0.717) is 0 Å². The summed E-state index contributed by atoms with van der Waals surface area (Å²) >= 11 is 0. The molecule has 0 N–H and O–H groups in total. The summed E-state index contributed by atoms with van der Waals surface area (Å²) in [5.74, 6) is -0.435. The Labute approximate surface area is 191 Å². The van der Waals surface area contributed by atoms with E-state index in [1.165, 1.54) is 13.8 Å². The third-order valence-electron chi connectivity index (χ3n) is 6.33. The van der Waals surface area contributed by atoms with Gasteiger partial charge < -0.3 is 14.2 Å². The Balaban J connectivity index is -0.000000371. The van der Waals surface area contributed by atoms with Gasteiger partial charge in [0.05, 0.1) is 11.2 Å². The zero-order valence-corrected chi connectivity index (χ0v) is 22.9. The van der Waals surface area contributed by atoms with Crippen molar-refractivity contribution in [1.29, 1.82) is 0 Å². The van der Waals surface area contributed by atoms with Crippen molar-refractivity contribution < 1.29 is 28.5 Å². The average molecular weight is 445 g/mol. The Morgan fingerprint density at radius 1 is 0.645 bits per heavy atom. The summed E-state index contributed by atoms with van der Waals surface area (Å²) in [5, 5.41) is 0. The fourth-order valence-electron chi connectivity index (χ4n) is 1.64. The van der Waals surface area contributed by atoms with Crippen LogP contribution >= 0.6 is 0 Å². The van der Waals surface area contributed by atoms with E-state index in [0.717, 1.165) is 0 Å². The fraction of sp³-hybridized carbons (Fsp3) is 0.880. The summed E-state index contributed by atoms with van der Waals surface area (Å²) in [6, 6.07) is 0. The van der Waals surface area contributed by atoms with Gasteiger partial charge in [0.1, 0.15) is 11.2 Å². The third-order valence-corrected chi connectivity index (χ3v) is 6.33. The molecule has 0 bridgehead atoms. The van der Waals surface area contributed by atoms with Crippen LogP contribution in [-0.4, -0.2) is 34.3 Å². The zero-order chi connectivity index (χ0) is 26.3. The third kappa shape index (κ3) is 12.9. The summed E-state index contributed by atoms with van der Waals surface area (Å²) in [6.45, 7) is 35.8. The summed E-state index contributed by atoms with van der Waals surface area (Å²) < 4.78 is 23.1. The van der Waals surface area contributed by atoms with Gasteiger partial charge in [-0.3, -0.25) is 9.59 Å². The second-order valence-corrected chi connectivity index (χ2v) is 11.8. The number of rotatable bonds is 2. The Morgan fingerprint density at radius 2 is 0.806 bits per heavy atom. The molecule has 0 aromatic carbocycles. The molecule has 6 nitrogen and oxygen atoms in total. The minimum absolute atomic E-state index is 0.0152. The number of hydrogen-bond acceptors (Lipinski definition) is 5. The Hall–Kier alpha value is -1.36. The molecule has 1 rings (SSSR count). The molecule has 0 atom stereocenters. The molecule has 1 fully saturated rings. The van der Waals surface area contributed by atoms with Crippen LogP contribution in [0.15, 0.2) is 0 Å². The van der Waals surface area contributed by atoms with Crippen molar-refractivity contribution in [3.05, 3.63) is 6.65 Å². The van der Waals surface area contributed by atoms with Crippen molar-refractivity contribution in [2.24, 2.45) is 10.8 Å². The molecule has 0 aromatic rings. The number of carbonyl (C=O) groups is 2. The van der Waals surface area contributed by atoms with E-state index in [1.807, 2.05) is 27.7 Å². The summed E-state index contributed by atoms with van der Waals surface area (Å²) in [5.41, 5.74) is -0.519. The first-order chi connectivity index (χ1) is 13.3. The first-order valence-corrected chi connectivity index (χ1v) is 10.6. The molecule has 184 valence electrons. The second-order valence-electron chi connectivity index (χ2n) is 11.8. The van der Waals surface area contributed by atoms with Gasteiger partial charge in [0, 0.05) is 24.7 Å². The van der Waals surface area contributed by atoms with Gasteiger partial charge in [-0.2, -0.15) is 0 Å². The molecule has 6 heteroatoms. The molecule has 0 aliphatic carbocycles. The van der Waals surface area contributed by atoms with Crippen LogP contribution in [0, 0.1) is 17.5 Å². The van der Waals surface area contributed by atoms with E-state index < -0.39 is 11.2 Å². The van der Waals surface area contributed by atoms with E-state index in [-0.39, 0.29) is 34.0 Å². The quantitative estimate of drug-likeness (QED) is 0.216. The van der Waals surface area contributed by atoms with Crippen molar-refractivity contribution >= 4 is 11.9 Å². The first kappa shape index (κ1) is 34.3. The summed E-state index contributed by atoms with van der Waals surface area (Å²) in [6.07, 6.45) is 0. The Morgan fingerprint density at radius 3 is 0.839 bits per heavy atom. The van der Waals surface area contributed by atoms with E-state index in [1.54, 1.807) is 0 Å². The molecule has 0 radical (unpaired) electrons. The van der Waals surface area contributed by atoms with Crippen molar-refractivity contribution in [2.75, 3.05) is 0 Å². The van der Waals surface area contributed by atoms with Crippen LogP contribution in [0.1, 0.15) is 111 Å². The normalized spacial score (nSPS) is 16.6. The van der Waals surface area contributed by atoms with Gasteiger partial charge in [-0.1, -0.05) is 41.5 Å². The minimum atomic E-state index is -0.390. The molecule has 0 amide bonds. The standard InChI is InChI=1S/2C9H18O2.C6H12O.CO/c2*1-7(10)11-9(5,6)8(2,3)4;1-5(2)6(3,4)7-5;1-2/h2*1-6H3;1-4H3;. The van der Waals surface area contributed by atoms with E-state index in [4.69, 9.17) is 18.9 Å². The van der Waals surface area contributed by atoms with Gasteiger partial charge in [-0.05, 0) is 55.4 Å². The summed E-state index contributed by atoms with van der Waals surface area (Å²) in [4.78, 5) is 21.4. The van der Waals surface area contributed by atoms with Crippen LogP contribution < -0.4 is 0 Å². The molecule has 1 aliphatic rings. The number of epoxide rings is 1. The molecule has 1 saturated heterocycles. The maximum absolute atomic E-state index is 10.7. The van der Waals surface area contributed by atoms with Crippen LogP contribution in [0.25, 0.3) is 0 Å². The van der Waals surface area contributed by atoms with Crippen molar-refractivity contribution in [3.8, 4) is 0 Å². The zero-order valence-electron chi connectivity index (χ0n) is 22.9. The topological polar surface area (TPSA) is 85.0 Å². The average Bonchev–Trinajstić information content (AvgIpc) is 2.92. The monoisotopic (exact) mass is 444 g/mol. The first-order valence-electron chi connectivity index (χ1n) is 10.6. The molecule has 0 spiro atoms. The van der Waals surface area contributed by atoms with Gasteiger partial charge in [0.25, 0.3) is 0 Å². The molecule has 1 aliphatic heterocycles. The van der Waals surface area contributed by atoms with Crippen LogP contribution in [-0.2, 0) is 28.5 Å². The van der Waals surface area contributed by atoms with Gasteiger partial charge in [-0.15, -0.1) is 0 Å². The van der Waals surface area contributed by atoms with Crippen LogP contribution in [0.4, 0.5) is 0 Å². The van der Waals surface area contributed by atoms with Crippen molar-refractivity contribution in [3.63, 3.8) is 0 Å². The predicted molar refractivity (Wildman–Crippen MR) is 124 cm³/mol. The summed E-state index contributed by atoms with van der Waals surface area (Å²) in [7, 11) is 0. The van der Waals surface area contributed by atoms with Gasteiger partial charge >= 0.3 is 23.2 Å². The van der Waals surface area contributed by atoms with E-state index in [2.05, 4.69) is 75.9 Å². The number of carbonyl (C=O) groups excluding carboxylic acids is 2. The molecule has 0 saturated carbocycles. The van der Waals surface area contributed by atoms with Gasteiger partial charge in [-0.25, -0.2) is 0 Å². The molecule has 31 heavy (non-hydrogen) atoms. The molecule has 0 unspecified atom stereocenters. The predicted octanol–water partition coefficient (Wildman–Crippen LogP) is 6.28. The van der Waals surface area contributed by atoms with Gasteiger partial charge in [0.15, 0.2) is 0 Å². The van der Waals surface area contributed by atoms with Gasteiger partial charge in [0.2, 0.25) is 0 Å². The molecule has 1 heterocycles. The van der Waals surface area contributed by atoms with Crippen molar-refractivity contribution in [1.82, 2.24) is 0 Å². The molecular weight excluding hydrogens is 396 g/mol. The van der Waals surface area contributed by atoms with Crippen molar-refractivity contribution in [2.45, 2.75) is 133 Å². The Kier molecular flexibility index (Phi) is 12.7. The second kappa shape index (κ2) is 11.5. The molecule has 0 aromatic heterocycles. The van der Waals surface area contributed by atoms with E-state index in [9.17, 15) is 9.59 Å². The van der Waals surface area contributed by atoms with E-state index >= 15 is 0 Å². The number of esters is 2. The fourth-order valence-corrected chi connectivity index (χ4v) is 1.64. The Bertz CT molecular complexity index is 546. The van der Waals surface area contributed by atoms with Crippen LogP contribution in [0.5, 0.6) is 0 Å². The SMILES string of the molecule is CC(=O)OC(C)(C)C(C)(C)C.CC(=O)OC(C)(C)C(C)(C)C.CC1(C)OC1(C)C.[C-]#[O+]. The number of hydrogen-bond donors (Lipinski definition) is 0. The van der Waals surface area contributed by atoms with Crippen LogP contribution in [0.2, 0.25) is 0 Å². The van der Waals surface area contributed by atoms with Crippen LogP contribution in [0.3, 0.4) is 0 Å². The number of ether oxygens (including phenoxy) is 3. The maximum atomic E-state index is 10.7. The molecular formula is C25H48O6.